The van der Waals surface area contributed by atoms with Crippen LogP contribution in [0.5, 0.6) is 5.75 Å². The number of nitrogens with zero attached hydrogens (tertiary/aromatic N) is 5. The van der Waals surface area contributed by atoms with Gasteiger partial charge in [0.25, 0.3) is 0 Å². The Morgan fingerprint density at radius 2 is 1.94 bits per heavy atom. The molecular formula is C25H26BrN5O2. The van der Waals surface area contributed by atoms with E-state index in [1.54, 1.807) is 31.2 Å². The van der Waals surface area contributed by atoms with Gasteiger partial charge in [0.2, 0.25) is 5.82 Å². The lowest BCUT2D eigenvalue weighted by molar-refractivity contribution is 0.188. The van der Waals surface area contributed by atoms with Crippen molar-refractivity contribution in [2.45, 2.75) is 32.9 Å². The number of methoxy groups -OCH3 is 2. The largest absolute Gasteiger partial charge is 0.494 e. The fraction of sp³-hybridized carbons (Fsp3) is 0.320. The van der Waals surface area contributed by atoms with Crippen LogP contribution in [0.3, 0.4) is 0 Å². The summed E-state index contributed by atoms with van der Waals surface area (Å²) in [5, 5.41) is 9.33. The van der Waals surface area contributed by atoms with Crippen molar-refractivity contribution in [1.82, 2.24) is 19.1 Å². The normalized spacial score (nSPS) is 11.3. The first kappa shape index (κ1) is 23.0. The molecule has 0 bridgehead atoms. The third kappa shape index (κ3) is 4.39. The molecule has 0 radical (unpaired) electrons. The number of fused-ring (bicyclic) bond motifs is 1. The van der Waals surface area contributed by atoms with E-state index >= 15 is 0 Å². The molecule has 4 aromatic rings. The molecule has 0 unspecified atom stereocenters. The molecule has 0 aliphatic rings. The summed E-state index contributed by atoms with van der Waals surface area (Å²) in [5.74, 6) is 2.39. The van der Waals surface area contributed by atoms with E-state index in [9.17, 15) is 5.26 Å². The molecule has 0 N–H and O–H groups in total. The summed E-state index contributed by atoms with van der Waals surface area (Å²) < 4.78 is 16.0. The summed E-state index contributed by atoms with van der Waals surface area (Å²) in [6.07, 6.45) is 3.42. The quantitative estimate of drug-likeness (QED) is 0.320. The van der Waals surface area contributed by atoms with Gasteiger partial charge >= 0.3 is 0 Å². The lowest BCUT2D eigenvalue weighted by Gasteiger charge is -2.14. The highest BCUT2D eigenvalue weighted by Crippen LogP contribution is 2.38. The van der Waals surface area contributed by atoms with Crippen LogP contribution in [0, 0.1) is 11.3 Å². The topological polar surface area (TPSA) is 77.9 Å². The zero-order valence-electron chi connectivity index (χ0n) is 19.2. The van der Waals surface area contributed by atoms with Crippen molar-refractivity contribution in [2.75, 3.05) is 20.8 Å². The van der Waals surface area contributed by atoms with Gasteiger partial charge < -0.3 is 18.6 Å². The Labute approximate surface area is 201 Å². The molecule has 2 heterocycles. The highest BCUT2D eigenvalue weighted by Gasteiger charge is 2.21. The van der Waals surface area contributed by atoms with E-state index < -0.39 is 0 Å². The third-order valence-electron chi connectivity index (χ3n) is 5.73. The molecule has 0 saturated carbocycles. The second-order valence-electron chi connectivity index (χ2n) is 8.10. The zero-order chi connectivity index (χ0) is 23.5. The monoisotopic (exact) mass is 507 g/mol. The fourth-order valence-electron chi connectivity index (χ4n) is 3.94. The molecule has 0 saturated heterocycles. The smallest absolute Gasteiger partial charge is 0.213 e. The highest BCUT2D eigenvalue weighted by molar-refractivity contribution is 9.10. The van der Waals surface area contributed by atoms with Crippen LogP contribution in [0.15, 0.2) is 47.2 Å². The highest BCUT2D eigenvalue weighted by atomic mass is 79.9. The van der Waals surface area contributed by atoms with Gasteiger partial charge in [-0.15, -0.1) is 0 Å². The van der Waals surface area contributed by atoms with Crippen LogP contribution in [-0.2, 0) is 17.8 Å². The minimum atomic E-state index is 0.359. The molecule has 7 nitrogen and oxygen atoms in total. The van der Waals surface area contributed by atoms with Gasteiger partial charge in [-0.1, -0.05) is 38.1 Å². The summed E-state index contributed by atoms with van der Waals surface area (Å²) in [7, 11) is 3.36. The van der Waals surface area contributed by atoms with Gasteiger partial charge in [0.05, 0.1) is 24.7 Å². The molecule has 0 aliphatic heterocycles. The summed E-state index contributed by atoms with van der Waals surface area (Å²) in [5.41, 5.74) is 4.98. The molecule has 8 heteroatoms. The third-order valence-corrected chi connectivity index (χ3v) is 6.61. The number of ether oxygens (including phenoxy) is 2. The zero-order valence-corrected chi connectivity index (χ0v) is 20.8. The Morgan fingerprint density at radius 3 is 2.58 bits per heavy atom. The van der Waals surface area contributed by atoms with Crippen LogP contribution in [0.25, 0.3) is 22.4 Å². The van der Waals surface area contributed by atoms with Crippen molar-refractivity contribution in [1.29, 1.82) is 5.26 Å². The van der Waals surface area contributed by atoms with Crippen molar-refractivity contribution in [2.24, 2.45) is 0 Å². The summed E-state index contributed by atoms with van der Waals surface area (Å²) in [6.45, 7) is 6.02. The average Bonchev–Trinajstić information content (AvgIpc) is 3.44. The number of hydrogen-bond acceptors (Lipinski definition) is 5. The number of nitriles is 1. The summed E-state index contributed by atoms with van der Waals surface area (Å²) in [6, 6.07) is 12.7. The van der Waals surface area contributed by atoms with E-state index in [1.807, 2.05) is 6.07 Å². The maximum atomic E-state index is 9.33. The minimum absolute atomic E-state index is 0.359. The van der Waals surface area contributed by atoms with Crippen LogP contribution < -0.4 is 4.74 Å². The summed E-state index contributed by atoms with van der Waals surface area (Å²) >= 11 is 3.78. The van der Waals surface area contributed by atoms with Crippen LogP contribution in [0.2, 0.25) is 0 Å². The molecule has 0 amide bonds. The molecule has 0 aliphatic carbocycles. The predicted octanol–water partition coefficient (Wildman–Crippen LogP) is 5.36. The molecule has 0 atom stereocenters. The number of halogens is 1. The van der Waals surface area contributed by atoms with E-state index in [0.29, 0.717) is 31.4 Å². The van der Waals surface area contributed by atoms with Crippen molar-refractivity contribution in [3.05, 3.63) is 64.1 Å². The SMILES string of the molecule is COCCn1c(-c2ccc(C(C)C)cc2)nc2c(Br)c(Cn3ccnc3C#N)cc(OC)c21. The van der Waals surface area contributed by atoms with E-state index in [1.165, 1.54) is 5.56 Å². The number of aromatic nitrogens is 4. The van der Waals surface area contributed by atoms with Gasteiger partial charge in [0, 0.05) is 31.6 Å². The minimum Gasteiger partial charge on any atom is -0.494 e. The van der Waals surface area contributed by atoms with Crippen LogP contribution in [0.1, 0.15) is 36.7 Å². The van der Waals surface area contributed by atoms with Gasteiger partial charge in [-0.3, -0.25) is 0 Å². The molecule has 4 rings (SSSR count). The van der Waals surface area contributed by atoms with Gasteiger partial charge in [-0.25, -0.2) is 9.97 Å². The van der Waals surface area contributed by atoms with Crippen molar-refractivity contribution in [3.8, 4) is 23.2 Å². The molecule has 33 heavy (non-hydrogen) atoms. The lowest BCUT2D eigenvalue weighted by atomic mass is 10.0. The maximum absolute atomic E-state index is 9.33. The fourth-order valence-corrected chi connectivity index (χ4v) is 4.46. The van der Waals surface area contributed by atoms with E-state index in [4.69, 9.17) is 14.5 Å². The first-order chi connectivity index (χ1) is 16.0. The van der Waals surface area contributed by atoms with Crippen molar-refractivity contribution < 1.29 is 9.47 Å². The van der Waals surface area contributed by atoms with Crippen molar-refractivity contribution in [3.63, 3.8) is 0 Å². The van der Waals surface area contributed by atoms with Gasteiger partial charge in [-0.2, -0.15) is 5.26 Å². The first-order valence-electron chi connectivity index (χ1n) is 10.7. The molecular weight excluding hydrogens is 482 g/mol. The maximum Gasteiger partial charge on any atom is 0.213 e. The molecule has 2 aromatic heterocycles. The van der Waals surface area contributed by atoms with Crippen LogP contribution >= 0.6 is 15.9 Å². The Bertz CT molecular complexity index is 1320. The predicted molar refractivity (Wildman–Crippen MR) is 131 cm³/mol. The Morgan fingerprint density at radius 1 is 1.18 bits per heavy atom. The Balaban J connectivity index is 1.90. The second-order valence-corrected chi connectivity index (χ2v) is 8.89. The second kappa shape index (κ2) is 9.77. The lowest BCUT2D eigenvalue weighted by Crippen LogP contribution is -2.07. The van der Waals surface area contributed by atoms with Crippen LogP contribution in [0.4, 0.5) is 0 Å². The molecule has 170 valence electrons. The van der Waals surface area contributed by atoms with E-state index in [-0.39, 0.29) is 0 Å². The number of imidazole rings is 2. The van der Waals surface area contributed by atoms with Gasteiger partial charge in [0.15, 0.2) is 0 Å². The standard InChI is InChI=1S/C25H26BrN5O2/c1-16(2)17-5-7-18(8-6-17)25-29-23-22(26)19(15-30-10-9-28-21(30)14-27)13-20(33-4)24(23)31(25)11-12-32-3/h5-10,13,16H,11-12,15H2,1-4H3. The first-order valence-corrected chi connectivity index (χ1v) is 11.5. The number of benzene rings is 2. The van der Waals surface area contributed by atoms with E-state index in [2.05, 4.69) is 69.7 Å². The molecule has 0 fully saturated rings. The number of rotatable bonds is 8. The van der Waals surface area contributed by atoms with Gasteiger partial charge in [0.1, 0.15) is 28.7 Å². The molecule has 0 spiro atoms. The number of hydrogen-bond donors (Lipinski definition) is 0. The Kier molecular flexibility index (Phi) is 6.82. The molecule has 2 aromatic carbocycles. The van der Waals surface area contributed by atoms with E-state index in [0.717, 1.165) is 38.2 Å². The summed E-state index contributed by atoms with van der Waals surface area (Å²) in [4.78, 5) is 9.14. The van der Waals surface area contributed by atoms with Crippen LogP contribution in [-0.4, -0.2) is 39.9 Å². The van der Waals surface area contributed by atoms with Crippen molar-refractivity contribution >= 4 is 27.0 Å². The van der Waals surface area contributed by atoms with Gasteiger partial charge in [-0.05, 0) is 39.0 Å². The average molecular weight is 508 g/mol. The Hall–Kier alpha value is -3.15.